The van der Waals surface area contributed by atoms with E-state index in [1.54, 1.807) is 13.2 Å². The fourth-order valence-electron chi connectivity index (χ4n) is 0.620. The molecular weight excluding hydrogens is 140 g/mol. The minimum atomic E-state index is 0.0315. The molecule has 11 heavy (non-hydrogen) atoms. The molecule has 0 N–H and O–H groups in total. The molecule has 0 radical (unpaired) electrons. The lowest BCUT2D eigenvalue weighted by molar-refractivity contribution is -0.112. The zero-order valence-corrected chi connectivity index (χ0v) is 7.26. The molecular formula is C9H14O2. The van der Waals surface area contributed by atoms with Gasteiger partial charge in [-0.2, -0.15) is 0 Å². The Morgan fingerprint density at radius 3 is 2.45 bits per heavy atom. The molecule has 2 nitrogen and oxygen atoms in total. The third kappa shape index (κ3) is 5.40. The van der Waals surface area contributed by atoms with Gasteiger partial charge in [-0.15, -0.1) is 0 Å². The molecule has 62 valence electrons. The SMILES string of the molecule is CCC=C(/C=C\C(C)=O)OC. The molecule has 0 aliphatic carbocycles. The molecule has 0 rings (SSSR count). The van der Waals surface area contributed by atoms with Gasteiger partial charge in [0.05, 0.1) is 7.11 Å². The van der Waals surface area contributed by atoms with Gasteiger partial charge >= 0.3 is 0 Å². The number of methoxy groups -OCH3 is 1. The van der Waals surface area contributed by atoms with Crippen LogP contribution in [0.3, 0.4) is 0 Å². The van der Waals surface area contributed by atoms with E-state index in [4.69, 9.17) is 4.74 Å². The first-order valence-corrected chi connectivity index (χ1v) is 3.63. The van der Waals surface area contributed by atoms with Crippen LogP contribution in [0, 0.1) is 0 Å². The Morgan fingerprint density at radius 1 is 1.45 bits per heavy atom. The van der Waals surface area contributed by atoms with Gasteiger partial charge in [0.15, 0.2) is 5.78 Å². The fraction of sp³-hybridized carbons (Fsp3) is 0.444. The number of hydrogen-bond acceptors (Lipinski definition) is 2. The van der Waals surface area contributed by atoms with Crippen LogP contribution in [0.25, 0.3) is 0 Å². The summed E-state index contributed by atoms with van der Waals surface area (Å²) in [6, 6.07) is 0. The predicted molar refractivity (Wildman–Crippen MR) is 45.2 cm³/mol. The van der Waals surface area contributed by atoms with Crippen LogP contribution in [0.15, 0.2) is 24.0 Å². The van der Waals surface area contributed by atoms with Gasteiger partial charge in [0, 0.05) is 0 Å². The summed E-state index contributed by atoms with van der Waals surface area (Å²) in [7, 11) is 1.59. The van der Waals surface area contributed by atoms with Crippen LogP contribution in [-0.4, -0.2) is 12.9 Å². The average molecular weight is 154 g/mol. The number of rotatable bonds is 4. The Hall–Kier alpha value is -1.05. The summed E-state index contributed by atoms with van der Waals surface area (Å²) >= 11 is 0. The highest BCUT2D eigenvalue weighted by molar-refractivity contribution is 5.87. The van der Waals surface area contributed by atoms with Gasteiger partial charge in [-0.1, -0.05) is 6.92 Å². The molecule has 0 spiro atoms. The second kappa shape index (κ2) is 5.71. The Kier molecular flexibility index (Phi) is 5.17. The fourth-order valence-corrected chi connectivity index (χ4v) is 0.620. The van der Waals surface area contributed by atoms with Crippen molar-refractivity contribution >= 4 is 5.78 Å². The monoisotopic (exact) mass is 154 g/mol. The van der Waals surface area contributed by atoms with Gasteiger partial charge < -0.3 is 4.74 Å². The number of allylic oxidation sites excluding steroid dienone is 3. The number of ketones is 1. The predicted octanol–water partition coefficient (Wildman–Crippen LogP) is 2.07. The van der Waals surface area contributed by atoms with Crippen LogP contribution in [0.2, 0.25) is 0 Å². The van der Waals surface area contributed by atoms with Crippen molar-refractivity contribution in [3.05, 3.63) is 24.0 Å². The van der Waals surface area contributed by atoms with Crippen LogP contribution in [0.4, 0.5) is 0 Å². The Labute approximate surface area is 67.6 Å². The van der Waals surface area contributed by atoms with Crippen molar-refractivity contribution in [1.82, 2.24) is 0 Å². The summed E-state index contributed by atoms with van der Waals surface area (Å²) in [5.41, 5.74) is 0. The van der Waals surface area contributed by atoms with E-state index in [-0.39, 0.29) is 5.78 Å². The van der Waals surface area contributed by atoms with Crippen molar-refractivity contribution in [2.45, 2.75) is 20.3 Å². The lowest BCUT2D eigenvalue weighted by Gasteiger charge is -1.97. The molecule has 0 heterocycles. The van der Waals surface area contributed by atoms with Crippen LogP contribution < -0.4 is 0 Å². The van der Waals surface area contributed by atoms with E-state index >= 15 is 0 Å². The Bertz CT molecular complexity index is 178. The van der Waals surface area contributed by atoms with Crippen molar-refractivity contribution in [3.8, 4) is 0 Å². The molecule has 0 aliphatic heterocycles. The zero-order valence-electron chi connectivity index (χ0n) is 7.26. The van der Waals surface area contributed by atoms with Crippen LogP contribution in [0.1, 0.15) is 20.3 Å². The second-order valence-corrected chi connectivity index (χ2v) is 2.16. The van der Waals surface area contributed by atoms with Crippen molar-refractivity contribution < 1.29 is 9.53 Å². The van der Waals surface area contributed by atoms with E-state index in [1.165, 1.54) is 13.0 Å². The molecule has 0 unspecified atom stereocenters. The molecule has 0 fully saturated rings. The summed E-state index contributed by atoms with van der Waals surface area (Å²) in [6.07, 6.45) is 5.99. The van der Waals surface area contributed by atoms with E-state index < -0.39 is 0 Å². The summed E-state index contributed by atoms with van der Waals surface area (Å²) in [5.74, 6) is 0.770. The smallest absolute Gasteiger partial charge is 0.152 e. The van der Waals surface area contributed by atoms with Gasteiger partial charge in [-0.3, -0.25) is 4.79 Å². The maximum Gasteiger partial charge on any atom is 0.152 e. The molecule has 0 atom stereocenters. The van der Waals surface area contributed by atoms with Crippen molar-refractivity contribution in [2.24, 2.45) is 0 Å². The molecule has 0 saturated heterocycles. The highest BCUT2D eigenvalue weighted by atomic mass is 16.5. The third-order valence-corrected chi connectivity index (χ3v) is 1.12. The molecule has 0 aromatic heterocycles. The highest BCUT2D eigenvalue weighted by Gasteiger charge is 1.87. The highest BCUT2D eigenvalue weighted by Crippen LogP contribution is 1.99. The van der Waals surface area contributed by atoms with Gasteiger partial charge in [0.1, 0.15) is 5.76 Å². The standard InChI is InChI=1S/C9H14O2/c1-4-5-9(11-3)7-6-8(2)10/h5-7H,4H2,1-3H3/b7-6-,9-5?. The topological polar surface area (TPSA) is 26.3 Å². The summed E-state index contributed by atoms with van der Waals surface area (Å²) < 4.78 is 4.96. The maximum absolute atomic E-state index is 10.5. The minimum absolute atomic E-state index is 0.0315. The normalized spacial score (nSPS) is 12.1. The minimum Gasteiger partial charge on any atom is -0.497 e. The largest absolute Gasteiger partial charge is 0.497 e. The Balaban J connectivity index is 4.08. The third-order valence-electron chi connectivity index (χ3n) is 1.12. The van der Waals surface area contributed by atoms with E-state index in [0.717, 1.165) is 12.2 Å². The number of carbonyl (C=O) groups is 1. The lowest BCUT2D eigenvalue weighted by atomic mass is 10.3. The zero-order chi connectivity index (χ0) is 8.69. The average Bonchev–Trinajstić information content (AvgIpc) is 1.97. The van der Waals surface area contributed by atoms with Crippen molar-refractivity contribution in [3.63, 3.8) is 0 Å². The number of hydrogen-bond donors (Lipinski definition) is 0. The van der Waals surface area contributed by atoms with Crippen molar-refractivity contribution in [2.75, 3.05) is 7.11 Å². The summed E-state index contributed by atoms with van der Waals surface area (Å²) in [6.45, 7) is 3.52. The lowest BCUT2D eigenvalue weighted by Crippen LogP contribution is -1.85. The summed E-state index contributed by atoms with van der Waals surface area (Å²) in [5, 5.41) is 0. The molecule has 0 amide bonds. The van der Waals surface area contributed by atoms with Crippen LogP contribution >= 0.6 is 0 Å². The van der Waals surface area contributed by atoms with E-state index in [0.29, 0.717) is 0 Å². The molecule has 2 heteroatoms. The van der Waals surface area contributed by atoms with E-state index in [2.05, 4.69) is 0 Å². The second-order valence-electron chi connectivity index (χ2n) is 2.16. The van der Waals surface area contributed by atoms with Gasteiger partial charge in [-0.05, 0) is 31.6 Å². The van der Waals surface area contributed by atoms with E-state index in [9.17, 15) is 4.79 Å². The molecule has 0 bridgehead atoms. The Morgan fingerprint density at radius 2 is 2.09 bits per heavy atom. The van der Waals surface area contributed by atoms with Gasteiger partial charge in [-0.25, -0.2) is 0 Å². The summed E-state index contributed by atoms with van der Waals surface area (Å²) in [4.78, 5) is 10.5. The molecule has 0 aliphatic rings. The van der Waals surface area contributed by atoms with Crippen LogP contribution in [0.5, 0.6) is 0 Å². The molecule has 0 aromatic carbocycles. The number of ether oxygens (including phenoxy) is 1. The molecule has 0 aromatic rings. The first-order chi connectivity index (χ1) is 5.20. The number of carbonyl (C=O) groups excluding carboxylic acids is 1. The van der Waals surface area contributed by atoms with Gasteiger partial charge in [0.25, 0.3) is 0 Å². The van der Waals surface area contributed by atoms with E-state index in [1.807, 2.05) is 13.0 Å². The first kappa shape index (κ1) is 9.95. The maximum atomic E-state index is 10.5. The van der Waals surface area contributed by atoms with Gasteiger partial charge in [0.2, 0.25) is 0 Å². The van der Waals surface area contributed by atoms with Crippen molar-refractivity contribution in [1.29, 1.82) is 0 Å². The van der Waals surface area contributed by atoms with Crippen LogP contribution in [-0.2, 0) is 9.53 Å². The first-order valence-electron chi connectivity index (χ1n) is 3.63. The molecule has 0 saturated carbocycles. The quantitative estimate of drug-likeness (QED) is 0.352.